The molecule has 0 bridgehead atoms. The predicted octanol–water partition coefficient (Wildman–Crippen LogP) is 5.02. The molecule has 6 heteroatoms. The van der Waals surface area contributed by atoms with Crippen LogP contribution in [0.4, 0.5) is 0 Å². The van der Waals surface area contributed by atoms with E-state index in [0.29, 0.717) is 18.6 Å². The average molecular weight is 392 g/mol. The van der Waals surface area contributed by atoms with Crippen molar-refractivity contribution in [2.45, 2.75) is 64.7 Å². The largest absolute Gasteiger partial charge is 0.481 e. The van der Waals surface area contributed by atoms with Gasteiger partial charge < -0.3 is 10.8 Å². The number of carbonyl (C=O) groups is 1. The SMILES string of the molecule is CCCCC/C=C\C/C=C\C\C=C/C=C/C(CCCC(=O)O)=N/NC(N)=S. The zero-order chi connectivity index (χ0) is 20.2. The summed E-state index contributed by atoms with van der Waals surface area (Å²) in [6.07, 6.45) is 24.5. The number of hydrogen-bond acceptors (Lipinski definition) is 3. The van der Waals surface area contributed by atoms with Crippen molar-refractivity contribution < 1.29 is 9.90 Å². The molecule has 0 saturated carbocycles. The molecular formula is C21H33N3O2S. The van der Waals surface area contributed by atoms with Gasteiger partial charge in [0.1, 0.15) is 0 Å². The van der Waals surface area contributed by atoms with Gasteiger partial charge in [0.05, 0.1) is 5.71 Å². The van der Waals surface area contributed by atoms with Crippen LogP contribution in [0, 0.1) is 0 Å². The maximum atomic E-state index is 10.6. The third-order valence-electron chi connectivity index (χ3n) is 3.52. The van der Waals surface area contributed by atoms with Gasteiger partial charge in [-0.15, -0.1) is 0 Å². The smallest absolute Gasteiger partial charge is 0.303 e. The van der Waals surface area contributed by atoms with Crippen LogP contribution in [0.3, 0.4) is 0 Å². The Kier molecular flexibility index (Phi) is 17.1. The van der Waals surface area contributed by atoms with Crippen molar-refractivity contribution >= 4 is 29.0 Å². The molecule has 0 amide bonds. The number of carboxylic acids is 1. The minimum absolute atomic E-state index is 0.0826. The monoisotopic (exact) mass is 391 g/mol. The average Bonchev–Trinajstić information content (AvgIpc) is 2.62. The molecule has 0 aliphatic rings. The number of aliphatic carboxylic acids is 1. The lowest BCUT2D eigenvalue weighted by molar-refractivity contribution is -0.137. The predicted molar refractivity (Wildman–Crippen MR) is 119 cm³/mol. The number of allylic oxidation sites excluding steroid dienone is 8. The van der Waals surface area contributed by atoms with E-state index in [1.54, 1.807) is 0 Å². The standard InChI is InChI=1S/C21H33N3O2S/c1-2-3-4-5-6-7-8-9-10-11-12-13-14-16-19(23-24-21(22)27)17-15-18-20(25)26/h6-7,9-10,12-14,16H,2-5,8,11,15,17-18H2,1H3,(H,25,26)(H3,22,24,27)/b7-6-,10-9-,13-12-,16-14+,23-19-. The highest BCUT2D eigenvalue weighted by molar-refractivity contribution is 7.80. The first-order valence-corrected chi connectivity index (χ1v) is 9.94. The van der Waals surface area contributed by atoms with E-state index < -0.39 is 5.97 Å². The van der Waals surface area contributed by atoms with E-state index in [4.69, 9.17) is 23.1 Å². The van der Waals surface area contributed by atoms with Crippen LogP contribution in [0.5, 0.6) is 0 Å². The molecule has 0 radical (unpaired) electrons. The second-order valence-corrected chi connectivity index (χ2v) is 6.46. The molecule has 0 aliphatic carbocycles. The van der Waals surface area contributed by atoms with Crippen molar-refractivity contribution in [3.05, 3.63) is 48.6 Å². The van der Waals surface area contributed by atoms with Gasteiger partial charge in [-0.1, -0.05) is 62.3 Å². The number of hydrogen-bond donors (Lipinski definition) is 3. The molecule has 0 aromatic rings. The summed E-state index contributed by atoms with van der Waals surface area (Å²) in [5, 5.41) is 12.9. The van der Waals surface area contributed by atoms with Crippen LogP contribution < -0.4 is 11.2 Å². The lowest BCUT2D eigenvalue weighted by Crippen LogP contribution is -2.25. The fourth-order valence-corrected chi connectivity index (χ4v) is 2.17. The van der Waals surface area contributed by atoms with E-state index in [0.717, 1.165) is 12.8 Å². The summed E-state index contributed by atoms with van der Waals surface area (Å²) >= 11 is 4.72. The van der Waals surface area contributed by atoms with Gasteiger partial charge in [-0.2, -0.15) is 5.10 Å². The normalized spacial score (nSPS) is 12.7. The molecule has 0 saturated heterocycles. The second kappa shape index (κ2) is 18.6. The molecule has 0 spiro atoms. The van der Waals surface area contributed by atoms with Crippen molar-refractivity contribution in [1.29, 1.82) is 0 Å². The molecule has 0 rings (SSSR count). The van der Waals surface area contributed by atoms with Crippen molar-refractivity contribution in [3.63, 3.8) is 0 Å². The fourth-order valence-electron chi connectivity index (χ4n) is 2.12. The first kappa shape index (κ1) is 24.8. The van der Waals surface area contributed by atoms with Crippen LogP contribution >= 0.6 is 12.2 Å². The van der Waals surface area contributed by atoms with Gasteiger partial charge in [0, 0.05) is 6.42 Å². The minimum atomic E-state index is -0.817. The van der Waals surface area contributed by atoms with Gasteiger partial charge in [-0.3, -0.25) is 10.2 Å². The fraction of sp³-hybridized carbons (Fsp3) is 0.476. The van der Waals surface area contributed by atoms with Crippen LogP contribution in [-0.4, -0.2) is 21.9 Å². The zero-order valence-corrected chi connectivity index (χ0v) is 17.1. The van der Waals surface area contributed by atoms with E-state index in [1.807, 2.05) is 24.3 Å². The molecular weight excluding hydrogens is 358 g/mol. The Balaban J connectivity index is 4.15. The number of nitrogens with zero attached hydrogens (tertiary/aromatic N) is 1. The molecule has 0 fully saturated rings. The highest BCUT2D eigenvalue weighted by Gasteiger charge is 2.00. The van der Waals surface area contributed by atoms with Crippen LogP contribution in [0.1, 0.15) is 64.7 Å². The Bertz CT molecular complexity index is 564. The first-order chi connectivity index (χ1) is 13.1. The lowest BCUT2D eigenvalue weighted by atomic mass is 10.1. The van der Waals surface area contributed by atoms with Gasteiger partial charge >= 0.3 is 5.97 Å². The number of nitrogens with two attached hydrogens (primary N) is 1. The van der Waals surface area contributed by atoms with Crippen molar-refractivity contribution in [2.24, 2.45) is 10.8 Å². The van der Waals surface area contributed by atoms with Crippen molar-refractivity contribution in [1.82, 2.24) is 5.43 Å². The topological polar surface area (TPSA) is 87.7 Å². The molecule has 0 atom stereocenters. The Morgan fingerprint density at radius 3 is 2.41 bits per heavy atom. The van der Waals surface area contributed by atoms with Gasteiger partial charge in [0.25, 0.3) is 0 Å². The number of carboxylic acid groups (broad SMARTS) is 1. The minimum Gasteiger partial charge on any atom is -0.481 e. The number of nitrogens with one attached hydrogen (secondary N) is 1. The maximum absolute atomic E-state index is 10.6. The summed E-state index contributed by atoms with van der Waals surface area (Å²) in [5.74, 6) is -0.817. The van der Waals surface area contributed by atoms with E-state index in [1.165, 1.54) is 25.7 Å². The van der Waals surface area contributed by atoms with E-state index in [2.05, 4.69) is 41.8 Å². The summed E-state index contributed by atoms with van der Waals surface area (Å²) in [6.45, 7) is 2.22. The summed E-state index contributed by atoms with van der Waals surface area (Å²) in [6, 6.07) is 0. The number of rotatable bonds is 15. The summed E-state index contributed by atoms with van der Waals surface area (Å²) in [5.41, 5.74) is 8.60. The Morgan fingerprint density at radius 2 is 1.74 bits per heavy atom. The summed E-state index contributed by atoms with van der Waals surface area (Å²) in [4.78, 5) is 10.6. The first-order valence-electron chi connectivity index (χ1n) is 9.53. The molecule has 27 heavy (non-hydrogen) atoms. The number of thiocarbonyl (C=S) groups is 1. The van der Waals surface area contributed by atoms with Crippen LogP contribution in [-0.2, 0) is 4.79 Å². The molecule has 0 aromatic carbocycles. The third kappa shape index (κ3) is 20.0. The van der Waals surface area contributed by atoms with Crippen LogP contribution in [0.15, 0.2) is 53.7 Å². The Labute approximate surface area is 168 Å². The second-order valence-electron chi connectivity index (χ2n) is 6.02. The maximum Gasteiger partial charge on any atom is 0.303 e. The van der Waals surface area contributed by atoms with Crippen LogP contribution in [0.25, 0.3) is 0 Å². The van der Waals surface area contributed by atoms with Gasteiger partial charge in [-0.05, 0) is 56.8 Å². The Hall–Kier alpha value is -2.21. The quantitative estimate of drug-likeness (QED) is 0.0911. The van der Waals surface area contributed by atoms with Gasteiger partial charge in [0.15, 0.2) is 5.11 Å². The summed E-state index contributed by atoms with van der Waals surface area (Å²) < 4.78 is 0. The lowest BCUT2D eigenvalue weighted by Gasteiger charge is -2.01. The molecule has 0 unspecified atom stereocenters. The van der Waals surface area contributed by atoms with Crippen molar-refractivity contribution in [2.75, 3.05) is 0 Å². The summed E-state index contributed by atoms with van der Waals surface area (Å²) in [7, 11) is 0. The third-order valence-corrected chi connectivity index (χ3v) is 3.61. The van der Waals surface area contributed by atoms with Crippen LogP contribution in [0.2, 0.25) is 0 Å². The van der Waals surface area contributed by atoms with Gasteiger partial charge in [0.2, 0.25) is 0 Å². The number of unbranched alkanes of at least 4 members (excludes halogenated alkanes) is 3. The van der Waals surface area contributed by atoms with E-state index in [9.17, 15) is 4.79 Å². The zero-order valence-electron chi connectivity index (χ0n) is 16.3. The molecule has 4 N–H and O–H groups in total. The molecule has 0 aliphatic heterocycles. The Morgan fingerprint density at radius 1 is 1.04 bits per heavy atom. The molecule has 5 nitrogen and oxygen atoms in total. The van der Waals surface area contributed by atoms with Gasteiger partial charge in [-0.25, -0.2) is 0 Å². The number of hydrazone groups is 1. The molecule has 0 heterocycles. The van der Waals surface area contributed by atoms with E-state index >= 15 is 0 Å². The highest BCUT2D eigenvalue weighted by atomic mass is 32.1. The van der Waals surface area contributed by atoms with E-state index in [-0.39, 0.29) is 11.5 Å². The highest BCUT2D eigenvalue weighted by Crippen LogP contribution is 2.01. The molecule has 0 aromatic heterocycles. The van der Waals surface area contributed by atoms with Crippen molar-refractivity contribution in [3.8, 4) is 0 Å². The molecule has 150 valence electrons.